The van der Waals surface area contributed by atoms with E-state index >= 15 is 0 Å². The summed E-state index contributed by atoms with van der Waals surface area (Å²) in [6, 6.07) is 0. The van der Waals surface area contributed by atoms with E-state index in [0.717, 1.165) is 11.4 Å². The average Bonchev–Trinajstić information content (AvgIpc) is 2.21. The minimum Gasteiger partial charge on any atom is -0.450 e. The summed E-state index contributed by atoms with van der Waals surface area (Å²) < 4.78 is 80.3. The number of nitrogens with one attached hydrogen (secondary N) is 2. The highest BCUT2D eigenvalue weighted by atomic mass is 19.4. The molecule has 2 N–H and O–H groups in total. The van der Waals surface area contributed by atoms with E-state index in [-0.39, 0.29) is 6.61 Å². The fraction of sp³-hybridized carbons (Fsp3) is 0.667. The molecule has 0 aliphatic heterocycles. The average molecular weight is 294 g/mol. The minimum atomic E-state index is -5.82. The number of carbonyl (C=O) groups excluding carboxylic acids is 1. The van der Waals surface area contributed by atoms with Crippen molar-refractivity contribution >= 4 is 6.09 Å². The summed E-state index contributed by atoms with van der Waals surface area (Å²) in [5.74, 6) is 0. The lowest BCUT2D eigenvalue weighted by Crippen LogP contribution is -2.75. The standard InChI is InChI=1S/C9H12F6N2O2/c1-3-5-16-7(8(10,11)12,9(13,14)15)17-6(18)19-4-2/h3,16H,1,4-5H2,2H3,(H,17,18). The fourth-order valence-electron chi connectivity index (χ4n) is 1.09. The van der Waals surface area contributed by atoms with Crippen molar-refractivity contribution in [3.05, 3.63) is 12.7 Å². The van der Waals surface area contributed by atoms with Crippen molar-refractivity contribution in [1.29, 1.82) is 0 Å². The molecule has 0 saturated heterocycles. The zero-order valence-corrected chi connectivity index (χ0v) is 9.78. The molecule has 0 fully saturated rings. The number of hydrogen-bond donors (Lipinski definition) is 2. The predicted molar refractivity (Wildman–Crippen MR) is 53.2 cm³/mol. The van der Waals surface area contributed by atoms with Gasteiger partial charge in [0, 0.05) is 6.54 Å². The number of alkyl carbamates (subject to hydrolysis) is 1. The van der Waals surface area contributed by atoms with Crippen LogP contribution in [0.15, 0.2) is 12.7 Å². The molecule has 0 aliphatic rings. The molecule has 0 spiro atoms. The van der Waals surface area contributed by atoms with Gasteiger partial charge in [0.15, 0.2) is 0 Å². The van der Waals surface area contributed by atoms with Gasteiger partial charge in [-0.15, -0.1) is 6.58 Å². The van der Waals surface area contributed by atoms with Gasteiger partial charge in [-0.25, -0.2) is 4.79 Å². The first-order valence-electron chi connectivity index (χ1n) is 4.96. The predicted octanol–water partition coefficient (Wildman–Crippen LogP) is 2.33. The molecule has 4 nitrogen and oxygen atoms in total. The van der Waals surface area contributed by atoms with Gasteiger partial charge in [-0.3, -0.25) is 10.6 Å². The van der Waals surface area contributed by atoms with Crippen molar-refractivity contribution in [2.75, 3.05) is 13.2 Å². The molecule has 0 heterocycles. The Hall–Kier alpha value is -1.45. The molecule has 0 rings (SSSR count). The summed E-state index contributed by atoms with van der Waals surface area (Å²) >= 11 is 0. The number of amides is 1. The maximum atomic E-state index is 12.7. The molecule has 0 radical (unpaired) electrons. The van der Waals surface area contributed by atoms with Gasteiger partial charge in [0.1, 0.15) is 0 Å². The zero-order valence-electron chi connectivity index (χ0n) is 9.78. The lowest BCUT2D eigenvalue weighted by atomic mass is 10.1. The van der Waals surface area contributed by atoms with E-state index in [9.17, 15) is 31.1 Å². The lowest BCUT2D eigenvalue weighted by Gasteiger charge is -2.37. The van der Waals surface area contributed by atoms with Crippen LogP contribution in [0.4, 0.5) is 31.1 Å². The number of halogens is 6. The van der Waals surface area contributed by atoms with Crippen LogP contribution in [0, 0.1) is 0 Å². The molecular weight excluding hydrogens is 282 g/mol. The van der Waals surface area contributed by atoms with E-state index in [1.165, 1.54) is 12.2 Å². The Balaban J connectivity index is 5.50. The number of alkyl halides is 6. The van der Waals surface area contributed by atoms with E-state index < -0.39 is 30.7 Å². The molecular formula is C9H12F6N2O2. The summed E-state index contributed by atoms with van der Waals surface area (Å²) in [5.41, 5.74) is -4.60. The van der Waals surface area contributed by atoms with E-state index in [1.54, 1.807) is 0 Å². The molecule has 0 unspecified atom stereocenters. The maximum absolute atomic E-state index is 12.7. The highest BCUT2D eigenvalue weighted by molar-refractivity contribution is 5.68. The van der Waals surface area contributed by atoms with Gasteiger partial charge in [-0.1, -0.05) is 6.08 Å². The van der Waals surface area contributed by atoms with E-state index in [4.69, 9.17) is 0 Å². The largest absolute Gasteiger partial charge is 0.450 e. The molecule has 0 saturated carbocycles. The number of ether oxygens (including phenoxy) is 1. The molecule has 0 aliphatic carbocycles. The lowest BCUT2D eigenvalue weighted by molar-refractivity contribution is -0.314. The highest BCUT2D eigenvalue weighted by Gasteiger charge is 2.72. The van der Waals surface area contributed by atoms with Gasteiger partial charge >= 0.3 is 18.4 Å². The van der Waals surface area contributed by atoms with Crippen molar-refractivity contribution in [2.45, 2.75) is 24.9 Å². The first-order chi connectivity index (χ1) is 8.52. The SMILES string of the molecule is C=CCNC(NC(=O)OCC)(C(F)(F)F)C(F)(F)F. The first-order valence-corrected chi connectivity index (χ1v) is 4.96. The topological polar surface area (TPSA) is 50.4 Å². The van der Waals surface area contributed by atoms with Gasteiger partial charge in [0.2, 0.25) is 0 Å². The molecule has 0 bridgehead atoms. The van der Waals surface area contributed by atoms with Crippen molar-refractivity contribution in [3.63, 3.8) is 0 Å². The molecule has 0 atom stereocenters. The van der Waals surface area contributed by atoms with Crippen molar-refractivity contribution < 1.29 is 35.9 Å². The van der Waals surface area contributed by atoms with Gasteiger partial charge < -0.3 is 4.74 Å². The molecule has 0 aromatic rings. The second kappa shape index (κ2) is 6.13. The van der Waals surface area contributed by atoms with E-state index in [1.807, 2.05) is 0 Å². The van der Waals surface area contributed by atoms with Crippen LogP contribution in [0.3, 0.4) is 0 Å². The van der Waals surface area contributed by atoms with E-state index in [0.29, 0.717) is 0 Å². The van der Waals surface area contributed by atoms with Crippen LogP contribution in [-0.4, -0.2) is 37.3 Å². The van der Waals surface area contributed by atoms with Gasteiger partial charge in [-0.2, -0.15) is 26.3 Å². The second-order valence-corrected chi connectivity index (χ2v) is 3.26. The molecule has 112 valence electrons. The molecule has 10 heteroatoms. The summed E-state index contributed by atoms with van der Waals surface area (Å²) in [6.45, 7) is 3.03. The summed E-state index contributed by atoms with van der Waals surface area (Å²) in [4.78, 5) is 10.9. The third-order valence-corrected chi connectivity index (χ3v) is 1.93. The van der Waals surface area contributed by atoms with Crippen LogP contribution < -0.4 is 10.6 Å². The van der Waals surface area contributed by atoms with Crippen molar-refractivity contribution in [1.82, 2.24) is 10.6 Å². The van der Waals surface area contributed by atoms with Crippen LogP contribution >= 0.6 is 0 Å². The van der Waals surface area contributed by atoms with Crippen molar-refractivity contribution in [3.8, 4) is 0 Å². The van der Waals surface area contributed by atoms with Crippen LogP contribution in [-0.2, 0) is 4.74 Å². The minimum absolute atomic E-state index is 0.376. The summed E-state index contributed by atoms with van der Waals surface area (Å²) in [5, 5.41) is 1.95. The van der Waals surface area contributed by atoms with Crippen LogP contribution in [0.1, 0.15) is 6.92 Å². The third kappa shape index (κ3) is 4.01. The smallest absolute Gasteiger partial charge is 0.434 e. The maximum Gasteiger partial charge on any atom is 0.434 e. The van der Waals surface area contributed by atoms with Crippen molar-refractivity contribution in [2.24, 2.45) is 0 Å². The third-order valence-electron chi connectivity index (χ3n) is 1.93. The Morgan fingerprint density at radius 2 is 1.68 bits per heavy atom. The van der Waals surface area contributed by atoms with E-state index in [2.05, 4.69) is 11.3 Å². The summed E-state index contributed by atoms with van der Waals surface area (Å²) in [6.07, 6.45) is -12.7. The first kappa shape index (κ1) is 17.6. The summed E-state index contributed by atoms with van der Waals surface area (Å²) in [7, 11) is 0. The normalized spacial score (nSPS) is 13.0. The zero-order chi connectivity index (χ0) is 15.3. The fourth-order valence-corrected chi connectivity index (χ4v) is 1.09. The Kier molecular flexibility index (Phi) is 5.66. The number of carbonyl (C=O) groups is 1. The van der Waals surface area contributed by atoms with Crippen LogP contribution in [0.25, 0.3) is 0 Å². The van der Waals surface area contributed by atoms with Gasteiger partial charge in [0.25, 0.3) is 5.66 Å². The van der Waals surface area contributed by atoms with Crippen LogP contribution in [0.5, 0.6) is 0 Å². The molecule has 1 amide bonds. The second-order valence-electron chi connectivity index (χ2n) is 3.26. The monoisotopic (exact) mass is 294 g/mol. The Morgan fingerprint density at radius 1 is 1.21 bits per heavy atom. The molecule has 19 heavy (non-hydrogen) atoms. The Morgan fingerprint density at radius 3 is 2.00 bits per heavy atom. The quantitative estimate of drug-likeness (QED) is 0.465. The Bertz CT molecular complexity index is 312. The van der Waals surface area contributed by atoms with Crippen LogP contribution in [0.2, 0.25) is 0 Å². The molecule has 0 aromatic heterocycles. The number of rotatable bonds is 5. The van der Waals surface area contributed by atoms with Gasteiger partial charge in [-0.05, 0) is 6.92 Å². The van der Waals surface area contributed by atoms with Gasteiger partial charge in [0.05, 0.1) is 6.61 Å². The number of hydrogen-bond acceptors (Lipinski definition) is 3. The Labute approximate surface area is 104 Å². The molecule has 0 aromatic carbocycles. The highest BCUT2D eigenvalue weighted by Crippen LogP contribution is 2.41.